The summed E-state index contributed by atoms with van der Waals surface area (Å²) in [6, 6.07) is 7.61. The van der Waals surface area contributed by atoms with E-state index in [1.807, 2.05) is 30.0 Å². The molecule has 3 heteroatoms. The lowest BCUT2D eigenvalue weighted by molar-refractivity contribution is 0.404. The molecule has 3 N–H and O–H groups in total. The topological polar surface area (TPSA) is 46.2 Å². The van der Waals surface area contributed by atoms with Crippen LogP contribution in [0, 0.1) is 5.92 Å². The maximum Gasteiger partial charge on any atom is 0.119 e. The van der Waals surface area contributed by atoms with Gasteiger partial charge in [-0.3, -0.25) is 0 Å². The highest BCUT2D eigenvalue weighted by molar-refractivity contribution is 7.99. The van der Waals surface area contributed by atoms with Crippen molar-refractivity contribution in [3.8, 4) is 5.75 Å². The normalized spacial score (nSPS) is 22.9. The average Bonchev–Trinajstić information content (AvgIpc) is 2.34. The zero-order valence-electron chi connectivity index (χ0n) is 9.43. The van der Waals surface area contributed by atoms with Gasteiger partial charge in [0.25, 0.3) is 0 Å². The SMILES string of the molecule is NCC(c1ccccc1O)C1CCCSC1. The number of hydrogen-bond acceptors (Lipinski definition) is 3. The molecular weight excluding hydrogens is 218 g/mol. The molecule has 2 nitrogen and oxygen atoms in total. The third-order valence-electron chi connectivity index (χ3n) is 3.35. The van der Waals surface area contributed by atoms with Gasteiger partial charge in [-0.25, -0.2) is 0 Å². The zero-order valence-corrected chi connectivity index (χ0v) is 10.2. The molecule has 1 saturated heterocycles. The first-order valence-electron chi connectivity index (χ1n) is 5.88. The highest BCUT2D eigenvalue weighted by Crippen LogP contribution is 2.37. The van der Waals surface area contributed by atoms with E-state index in [0.717, 1.165) is 5.56 Å². The van der Waals surface area contributed by atoms with Crippen LogP contribution in [0.2, 0.25) is 0 Å². The first-order valence-corrected chi connectivity index (χ1v) is 7.04. The molecule has 1 aliphatic rings. The van der Waals surface area contributed by atoms with E-state index < -0.39 is 0 Å². The van der Waals surface area contributed by atoms with Gasteiger partial charge in [0.05, 0.1) is 0 Å². The summed E-state index contributed by atoms with van der Waals surface area (Å²) in [5.74, 6) is 3.78. The summed E-state index contributed by atoms with van der Waals surface area (Å²) in [7, 11) is 0. The van der Waals surface area contributed by atoms with Gasteiger partial charge < -0.3 is 10.8 Å². The minimum atomic E-state index is 0.314. The minimum absolute atomic E-state index is 0.314. The molecule has 0 saturated carbocycles. The van der Waals surface area contributed by atoms with Crippen molar-refractivity contribution in [2.24, 2.45) is 11.7 Å². The molecule has 1 fully saturated rings. The maximum absolute atomic E-state index is 9.88. The number of thioether (sulfide) groups is 1. The largest absolute Gasteiger partial charge is 0.508 e. The highest BCUT2D eigenvalue weighted by atomic mass is 32.2. The van der Waals surface area contributed by atoms with Crippen molar-refractivity contribution < 1.29 is 5.11 Å². The third-order valence-corrected chi connectivity index (χ3v) is 4.60. The Hall–Kier alpha value is -0.670. The summed E-state index contributed by atoms with van der Waals surface area (Å²) in [6.45, 7) is 0.628. The summed E-state index contributed by atoms with van der Waals surface area (Å²) >= 11 is 2.01. The van der Waals surface area contributed by atoms with Crippen molar-refractivity contribution in [2.45, 2.75) is 18.8 Å². The number of para-hydroxylation sites is 1. The summed E-state index contributed by atoms with van der Waals surface area (Å²) < 4.78 is 0. The molecule has 1 heterocycles. The molecule has 0 spiro atoms. The molecule has 88 valence electrons. The van der Waals surface area contributed by atoms with Gasteiger partial charge in [0.2, 0.25) is 0 Å². The molecule has 2 atom stereocenters. The van der Waals surface area contributed by atoms with Gasteiger partial charge in [-0.2, -0.15) is 11.8 Å². The first kappa shape index (κ1) is 11.8. The van der Waals surface area contributed by atoms with Gasteiger partial charge in [0.15, 0.2) is 0 Å². The van der Waals surface area contributed by atoms with E-state index in [1.54, 1.807) is 6.07 Å². The number of rotatable bonds is 3. The second-order valence-electron chi connectivity index (χ2n) is 4.38. The molecule has 16 heavy (non-hydrogen) atoms. The third kappa shape index (κ3) is 2.53. The quantitative estimate of drug-likeness (QED) is 0.849. The van der Waals surface area contributed by atoms with Gasteiger partial charge in [-0.15, -0.1) is 0 Å². The predicted octanol–water partition coefficient (Wildman–Crippen LogP) is 2.58. The maximum atomic E-state index is 9.88. The lowest BCUT2D eigenvalue weighted by Gasteiger charge is -2.29. The number of benzene rings is 1. The van der Waals surface area contributed by atoms with E-state index in [4.69, 9.17) is 5.73 Å². The molecule has 2 unspecified atom stereocenters. The van der Waals surface area contributed by atoms with Crippen LogP contribution in [0.1, 0.15) is 24.3 Å². The second kappa shape index (κ2) is 5.60. The van der Waals surface area contributed by atoms with Gasteiger partial charge in [0.1, 0.15) is 5.75 Å². The summed E-state index contributed by atoms with van der Waals surface area (Å²) in [5.41, 5.74) is 6.91. The molecular formula is C13H19NOS. The summed E-state index contributed by atoms with van der Waals surface area (Å²) in [5, 5.41) is 9.88. The summed E-state index contributed by atoms with van der Waals surface area (Å²) in [4.78, 5) is 0. The van der Waals surface area contributed by atoms with Crippen LogP contribution in [0.3, 0.4) is 0 Å². The van der Waals surface area contributed by atoms with Crippen LogP contribution in [0.5, 0.6) is 5.75 Å². The van der Waals surface area contributed by atoms with E-state index in [-0.39, 0.29) is 0 Å². The lowest BCUT2D eigenvalue weighted by Crippen LogP contribution is -2.25. The molecule has 0 aromatic heterocycles. The molecule has 1 aromatic carbocycles. The van der Waals surface area contributed by atoms with Gasteiger partial charge in [-0.05, 0) is 48.4 Å². The van der Waals surface area contributed by atoms with Gasteiger partial charge >= 0.3 is 0 Å². The molecule has 0 aliphatic carbocycles. The number of nitrogens with two attached hydrogens (primary N) is 1. The van der Waals surface area contributed by atoms with Crippen LogP contribution in [-0.4, -0.2) is 23.2 Å². The van der Waals surface area contributed by atoms with E-state index in [0.29, 0.717) is 24.1 Å². The number of aromatic hydroxyl groups is 1. The lowest BCUT2D eigenvalue weighted by atomic mass is 9.84. The molecule has 2 rings (SSSR count). The predicted molar refractivity (Wildman–Crippen MR) is 70.0 cm³/mol. The molecule has 0 radical (unpaired) electrons. The van der Waals surface area contributed by atoms with Crippen molar-refractivity contribution in [3.63, 3.8) is 0 Å². The van der Waals surface area contributed by atoms with Crippen molar-refractivity contribution in [3.05, 3.63) is 29.8 Å². The van der Waals surface area contributed by atoms with E-state index in [9.17, 15) is 5.11 Å². The van der Waals surface area contributed by atoms with Gasteiger partial charge in [0, 0.05) is 5.92 Å². The van der Waals surface area contributed by atoms with E-state index in [2.05, 4.69) is 0 Å². The van der Waals surface area contributed by atoms with Crippen molar-refractivity contribution in [1.29, 1.82) is 0 Å². The van der Waals surface area contributed by atoms with Crippen molar-refractivity contribution in [2.75, 3.05) is 18.1 Å². The standard InChI is InChI=1S/C13H19NOS/c14-8-12(10-4-3-7-16-9-10)11-5-1-2-6-13(11)15/h1-2,5-6,10,12,15H,3-4,7-9,14H2. The number of phenols is 1. The fourth-order valence-electron chi connectivity index (χ4n) is 2.46. The summed E-state index contributed by atoms with van der Waals surface area (Å²) in [6.07, 6.45) is 2.52. The smallest absolute Gasteiger partial charge is 0.119 e. The Balaban J connectivity index is 2.18. The molecule has 0 amide bonds. The molecule has 1 aromatic rings. The fraction of sp³-hybridized carbons (Fsp3) is 0.538. The number of phenolic OH excluding ortho intramolecular Hbond substituents is 1. The minimum Gasteiger partial charge on any atom is -0.508 e. The van der Waals surface area contributed by atoms with Crippen LogP contribution in [0.25, 0.3) is 0 Å². The molecule has 0 bridgehead atoms. The van der Waals surface area contributed by atoms with Crippen LogP contribution >= 0.6 is 11.8 Å². The average molecular weight is 237 g/mol. The van der Waals surface area contributed by atoms with Crippen molar-refractivity contribution in [1.82, 2.24) is 0 Å². The van der Waals surface area contributed by atoms with E-state index >= 15 is 0 Å². The van der Waals surface area contributed by atoms with Crippen LogP contribution in [0.15, 0.2) is 24.3 Å². The van der Waals surface area contributed by atoms with Gasteiger partial charge in [-0.1, -0.05) is 18.2 Å². The Labute approximate surface area is 101 Å². The highest BCUT2D eigenvalue weighted by Gasteiger charge is 2.25. The van der Waals surface area contributed by atoms with Crippen LogP contribution in [0.4, 0.5) is 0 Å². The van der Waals surface area contributed by atoms with E-state index in [1.165, 1.54) is 24.3 Å². The Kier molecular flexibility index (Phi) is 4.13. The Morgan fingerprint density at radius 3 is 2.88 bits per heavy atom. The fourth-order valence-corrected chi connectivity index (χ4v) is 3.70. The second-order valence-corrected chi connectivity index (χ2v) is 5.53. The first-order chi connectivity index (χ1) is 7.83. The monoisotopic (exact) mass is 237 g/mol. The van der Waals surface area contributed by atoms with Crippen LogP contribution < -0.4 is 5.73 Å². The molecule has 1 aliphatic heterocycles. The zero-order chi connectivity index (χ0) is 11.4. The number of hydrogen-bond donors (Lipinski definition) is 2. The van der Waals surface area contributed by atoms with Crippen LogP contribution in [-0.2, 0) is 0 Å². The Bertz CT molecular complexity index is 336. The van der Waals surface area contributed by atoms with Crippen molar-refractivity contribution >= 4 is 11.8 Å². The Morgan fingerprint density at radius 1 is 1.44 bits per heavy atom. The Morgan fingerprint density at radius 2 is 2.25 bits per heavy atom.